The molecule has 0 unspecified atom stereocenters. The molecule has 1 saturated heterocycles. The molecule has 3 heteroatoms. The Bertz CT molecular complexity index is 337. The summed E-state index contributed by atoms with van der Waals surface area (Å²) in [6, 6.07) is 9.25. The smallest absolute Gasteiger partial charge is 0.0183 e. The van der Waals surface area contributed by atoms with Crippen LogP contribution in [0.5, 0.6) is 0 Å². The minimum absolute atomic E-state index is 0.247. The number of hydrogen-bond acceptors (Lipinski definition) is 3. The zero-order valence-corrected chi connectivity index (χ0v) is 10.6. The number of benzene rings is 1. The fourth-order valence-corrected chi connectivity index (χ4v) is 2.50. The van der Waals surface area contributed by atoms with Gasteiger partial charge in [-0.15, -0.1) is 0 Å². The van der Waals surface area contributed by atoms with Gasteiger partial charge in [0.1, 0.15) is 0 Å². The highest BCUT2D eigenvalue weighted by molar-refractivity contribution is 5.21. The predicted molar refractivity (Wildman–Crippen MR) is 71.9 cm³/mol. The molecule has 1 aromatic carbocycles. The monoisotopic (exact) mass is 233 g/mol. The van der Waals surface area contributed by atoms with Crippen LogP contribution in [-0.4, -0.2) is 36.6 Å². The minimum Gasteiger partial charge on any atom is -0.326 e. The first kappa shape index (κ1) is 12.6. The third kappa shape index (κ3) is 3.80. The maximum Gasteiger partial charge on any atom is 0.0183 e. The third-order valence-corrected chi connectivity index (χ3v) is 3.43. The number of aryl methyl sites for hydroxylation is 1. The average Bonchev–Trinajstić information content (AvgIpc) is 2.27. The summed E-state index contributed by atoms with van der Waals surface area (Å²) < 4.78 is 0. The fraction of sp³-hybridized carbons (Fsp3) is 0.571. The van der Waals surface area contributed by atoms with Crippen LogP contribution in [0.15, 0.2) is 24.3 Å². The lowest BCUT2D eigenvalue weighted by molar-refractivity contribution is 0.192. The molecule has 0 saturated carbocycles. The Balaban J connectivity index is 1.83. The van der Waals surface area contributed by atoms with E-state index in [1.807, 2.05) is 0 Å². The zero-order chi connectivity index (χ0) is 12.3. The van der Waals surface area contributed by atoms with E-state index in [2.05, 4.69) is 36.1 Å². The predicted octanol–water partition coefficient (Wildman–Crippen LogP) is 0.898. The van der Waals surface area contributed by atoms with Crippen LogP contribution >= 0.6 is 0 Å². The van der Waals surface area contributed by atoms with Crippen LogP contribution in [0.25, 0.3) is 0 Å². The summed E-state index contributed by atoms with van der Waals surface area (Å²) in [5, 5.41) is 0. The summed E-state index contributed by atoms with van der Waals surface area (Å²) in [7, 11) is 0. The molecule has 4 N–H and O–H groups in total. The summed E-state index contributed by atoms with van der Waals surface area (Å²) in [4.78, 5) is 2.39. The second kappa shape index (κ2) is 5.63. The van der Waals surface area contributed by atoms with E-state index < -0.39 is 0 Å². The van der Waals surface area contributed by atoms with Crippen LogP contribution in [0.3, 0.4) is 0 Å². The van der Waals surface area contributed by atoms with E-state index in [9.17, 15) is 0 Å². The molecule has 0 bridgehead atoms. The van der Waals surface area contributed by atoms with Crippen LogP contribution in [0.2, 0.25) is 0 Å². The normalized spacial score (nSPS) is 26.1. The van der Waals surface area contributed by atoms with Gasteiger partial charge in [-0.1, -0.05) is 29.8 Å². The van der Waals surface area contributed by atoms with Crippen molar-refractivity contribution in [1.29, 1.82) is 0 Å². The van der Waals surface area contributed by atoms with E-state index in [-0.39, 0.29) is 12.1 Å². The molecule has 2 rings (SSSR count). The number of rotatable bonds is 3. The van der Waals surface area contributed by atoms with Crippen molar-refractivity contribution in [3.8, 4) is 0 Å². The van der Waals surface area contributed by atoms with Gasteiger partial charge in [0.2, 0.25) is 0 Å². The number of nitrogens with two attached hydrogens (primary N) is 2. The van der Waals surface area contributed by atoms with Crippen molar-refractivity contribution in [2.45, 2.75) is 31.8 Å². The van der Waals surface area contributed by atoms with Crippen molar-refractivity contribution >= 4 is 0 Å². The molecule has 17 heavy (non-hydrogen) atoms. The highest BCUT2D eigenvalue weighted by atomic mass is 15.2. The number of hydrogen-bond donors (Lipinski definition) is 2. The molecule has 0 aliphatic carbocycles. The third-order valence-electron chi connectivity index (χ3n) is 3.43. The van der Waals surface area contributed by atoms with E-state index in [1.54, 1.807) is 0 Å². The maximum atomic E-state index is 5.98. The highest BCUT2D eigenvalue weighted by Crippen LogP contribution is 2.10. The van der Waals surface area contributed by atoms with Crippen LogP contribution in [0.4, 0.5) is 0 Å². The zero-order valence-electron chi connectivity index (χ0n) is 10.6. The van der Waals surface area contributed by atoms with Gasteiger partial charge >= 0.3 is 0 Å². The van der Waals surface area contributed by atoms with E-state index in [4.69, 9.17) is 11.5 Å². The Labute approximate surface area is 104 Å². The van der Waals surface area contributed by atoms with E-state index in [1.165, 1.54) is 11.1 Å². The summed E-state index contributed by atoms with van der Waals surface area (Å²) in [5.74, 6) is 0. The summed E-state index contributed by atoms with van der Waals surface area (Å²) >= 11 is 0. The Kier molecular flexibility index (Phi) is 4.15. The van der Waals surface area contributed by atoms with Crippen molar-refractivity contribution in [3.63, 3.8) is 0 Å². The van der Waals surface area contributed by atoms with Crippen molar-refractivity contribution < 1.29 is 0 Å². The number of nitrogens with zero attached hydrogens (tertiary/aromatic N) is 1. The van der Waals surface area contributed by atoms with Gasteiger partial charge in [0.05, 0.1) is 0 Å². The van der Waals surface area contributed by atoms with E-state index >= 15 is 0 Å². The Morgan fingerprint density at radius 1 is 1.12 bits per heavy atom. The second-order valence-electron chi connectivity index (χ2n) is 5.25. The second-order valence-corrected chi connectivity index (χ2v) is 5.25. The molecule has 1 heterocycles. The molecule has 0 radical (unpaired) electrons. The first-order chi connectivity index (χ1) is 8.13. The molecule has 1 fully saturated rings. The Morgan fingerprint density at radius 3 is 2.29 bits per heavy atom. The molecule has 1 aliphatic rings. The minimum atomic E-state index is 0.247. The van der Waals surface area contributed by atoms with Crippen molar-refractivity contribution in [3.05, 3.63) is 35.4 Å². The van der Waals surface area contributed by atoms with Gasteiger partial charge < -0.3 is 11.5 Å². The molecule has 0 spiro atoms. The van der Waals surface area contributed by atoms with Crippen LogP contribution < -0.4 is 11.5 Å². The molecule has 2 atom stereocenters. The lowest BCUT2D eigenvalue weighted by Gasteiger charge is -2.34. The molecular formula is C14H23N3. The number of piperidine rings is 1. The van der Waals surface area contributed by atoms with Crippen molar-refractivity contribution in [2.24, 2.45) is 11.5 Å². The number of likely N-dealkylation sites (tertiary alicyclic amines) is 1. The average molecular weight is 233 g/mol. The standard InChI is InChI=1S/C14H23N3/c1-11-2-4-12(5-3-11)6-7-17-9-13(15)8-14(16)10-17/h2-5,13-14H,6-10,15-16H2,1H3/t13-,14+. The highest BCUT2D eigenvalue weighted by Gasteiger charge is 2.21. The SMILES string of the molecule is Cc1ccc(CCN2C[C@H](N)C[C@H](N)C2)cc1. The molecule has 3 nitrogen and oxygen atoms in total. The topological polar surface area (TPSA) is 55.3 Å². The summed E-state index contributed by atoms with van der Waals surface area (Å²) in [6.07, 6.45) is 2.04. The van der Waals surface area contributed by atoms with Gasteiger partial charge in [-0.25, -0.2) is 0 Å². The van der Waals surface area contributed by atoms with Crippen molar-refractivity contribution in [2.75, 3.05) is 19.6 Å². The van der Waals surface area contributed by atoms with Gasteiger partial charge in [0, 0.05) is 31.7 Å². The molecule has 1 aliphatic heterocycles. The van der Waals surface area contributed by atoms with Crippen molar-refractivity contribution in [1.82, 2.24) is 4.90 Å². The summed E-state index contributed by atoms with van der Waals surface area (Å²) in [5.41, 5.74) is 14.7. The van der Waals surface area contributed by atoms with Crippen LogP contribution in [0, 0.1) is 6.92 Å². The van der Waals surface area contributed by atoms with Crippen LogP contribution in [-0.2, 0) is 6.42 Å². The Morgan fingerprint density at radius 2 is 1.71 bits per heavy atom. The first-order valence-corrected chi connectivity index (χ1v) is 6.42. The van der Waals surface area contributed by atoms with E-state index in [0.717, 1.165) is 32.5 Å². The fourth-order valence-electron chi connectivity index (χ4n) is 2.50. The molecule has 1 aromatic rings. The van der Waals surface area contributed by atoms with Gasteiger partial charge in [-0.05, 0) is 25.3 Å². The van der Waals surface area contributed by atoms with Crippen LogP contribution in [0.1, 0.15) is 17.5 Å². The van der Waals surface area contributed by atoms with Gasteiger partial charge in [-0.3, -0.25) is 4.90 Å². The first-order valence-electron chi connectivity index (χ1n) is 6.42. The molecule has 0 amide bonds. The lowest BCUT2D eigenvalue weighted by atomic mass is 10.0. The molecular weight excluding hydrogens is 210 g/mol. The lowest BCUT2D eigenvalue weighted by Crippen LogP contribution is -2.52. The summed E-state index contributed by atoms with van der Waals surface area (Å²) in [6.45, 7) is 5.15. The molecule has 0 aromatic heterocycles. The largest absolute Gasteiger partial charge is 0.326 e. The van der Waals surface area contributed by atoms with E-state index in [0.29, 0.717) is 0 Å². The van der Waals surface area contributed by atoms with Gasteiger partial charge in [0.15, 0.2) is 0 Å². The van der Waals surface area contributed by atoms with Gasteiger partial charge in [-0.2, -0.15) is 0 Å². The maximum absolute atomic E-state index is 5.98. The van der Waals surface area contributed by atoms with Gasteiger partial charge in [0.25, 0.3) is 0 Å². The molecule has 94 valence electrons. The quantitative estimate of drug-likeness (QED) is 0.815. The Hall–Kier alpha value is -0.900.